The lowest BCUT2D eigenvalue weighted by Gasteiger charge is -2.14. The Morgan fingerprint density at radius 3 is 2.74 bits per heavy atom. The molecule has 0 aliphatic carbocycles. The highest BCUT2D eigenvalue weighted by atomic mass is 32.2. The Balaban J connectivity index is 1.44. The molecule has 0 aromatic heterocycles. The minimum atomic E-state index is -0.0283. The second kappa shape index (κ2) is 8.12. The van der Waals surface area contributed by atoms with Gasteiger partial charge in [0.15, 0.2) is 5.17 Å². The van der Waals surface area contributed by atoms with Crippen molar-refractivity contribution in [1.29, 1.82) is 0 Å². The second-order valence-electron chi connectivity index (χ2n) is 5.45. The third kappa shape index (κ3) is 5.07. The SMILES string of the molecule is O=C1CSC(=NN=Cc2ccc(OCCN3CCCC3)cc2)N1. The molecular formula is C16H20N4O2S. The van der Waals surface area contributed by atoms with Gasteiger partial charge in [0.05, 0.1) is 12.0 Å². The van der Waals surface area contributed by atoms with Crippen molar-refractivity contribution in [3.05, 3.63) is 29.8 Å². The molecule has 1 N–H and O–H groups in total. The summed E-state index contributed by atoms with van der Waals surface area (Å²) in [7, 11) is 0. The predicted octanol–water partition coefficient (Wildman–Crippen LogP) is 1.71. The molecule has 0 saturated carbocycles. The summed E-state index contributed by atoms with van der Waals surface area (Å²) >= 11 is 1.36. The number of benzene rings is 1. The van der Waals surface area contributed by atoms with Gasteiger partial charge >= 0.3 is 0 Å². The Bertz CT molecular complexity index is 595. The third-order valence-corrected chi connectivity index (χ3v) is 4.56. The van der Waals surface area contributed by atoms with Gasteiger partial charge in [-0.25, -0.2) is 0 Å². The van der Waals surface area contributed by atoms with Crippen LogP contribution in [-0.2, 0) is 4.79 Å². The van der Waals surface area contributed by atoms with E-state index in [0.29, 0.717) is 10.9 Å². The lowest BCUT2D eigenvalue weighted by Crippen LogP contribution is -2.25. The molecule has 2 heterocycles. The zero-order valence-electron chi connectivity index (χ0n) is 12.9. The van der Waals surface area contributed by atoms with Gasteiger partial charge in [-0.15, -0.1) is 5.10 Å². The fraction of sp³-hybridized carbons (Fsp3) is 0.438. The Hall–Kier alpha value is -1.86. The van der Waals surface area contributed by atoms with Crippen LogP contribution in [0.25, 0.3) is 0 Å². The van der Waals surface area contributed by atoms with Crippen LogP contribution in [0.15, 0.2) is 34.5 Å². The molecule has 0 spiro atoms. The van der Waals surface area contributed by atoms with Crippen molar-refractivity contribution in [3.8, 4) is 5.75 Å². The first-order valence-corrected chi connectivity index (χ1v) is 8.77. The normalized spacial score (nSPS) is 20.5. The summed E-state index contributed by atoms with van der Waals surface area (Å²) in [6.07, 6.45) is 4.27. The summed E-state index contributed by atoms with van der Waals surface area (Å²) in [5.74, 6) is 1.25. The average Bonchev–Trinajstić information content (AvgIpc) is 3.21. The molecule has 0 atom stereocenters. The first-order chi connectivity index (χ1) is 11.3. The molecule has 7 heteroatoms. The lowest BCUT2D eigenvalue weighted by molar-refractivity contribution is -0.116. The number of amidine groups is 1. The number of rotatable bonds is 6. The summed E-state index contributed by atoms with van der Waals surface area (Å²) < 4.78 is 5.76. The molecule has 6 nitrogen and oxygen atoms in total. The van der Waals surface area contributed by atoms with E-state index in [9.17, 15) is 4.79 Å². The smallest absolute Gasteiger partial charge is 0.236 e. The quantitative estimate of drug-likeness (QED) is 0.636. The Morgan fingerprint density at radius 1 is 1.26 bits per heavy atom. The number of thioether (sulfide) groups is 1. The van der Waals surface area contributed by atoms with Crippen molar-refractivity contribution in [2.24, 2.45) is 10.2 Å². The van der Waals surface area contributed by atoms with E-state index in [4.69, 9.17) is 4.74 Å². The molecule has 23 heavy (non-hydrogen) atoms. The van der Waals surface area contributed by atoms with E-state index in [1.54, 1.807) is 6.21 Å². The van der Waals surface area contributed by atoms with Crippen LogP contribution in [0.4, 0.5) is 0 Å². The molecule has 2 saturated heterocycles. The monoisotopic (exact) mass is 332 g/mol. The Kier molecular flexibility index (Phi) is 5.65. The van der Waals surface area contributed by atoms with Crippen molar-refractivity contribution in [1.82, 2.24) is 10.2 Å². The zero-order valence-corrected chi connectivity index (χ0v) is 13.7. The Morgan fingerprint density at radius 2 is 2.04 bits per heavy atom. The number of hydrogen-bond acceptors (Lipinski definition) is 6. The minimum absolute atomic E-state index is 0.0283. The van der Waals surface area contributed by atoms with Crippen molar-refractivity contribution in [2.45, 2.75) is 12.8 Å². The first-order valence-electron chi connectivity index (χ1n) is 7.78. The fourth-order valence-electron chi connectivity index (χ4n) is 2.48. The van der Waals surface area contributed by atoms with E-state index in [1.165, 1.54) is 37.7 Å². The predicted molar refractivity (Wildman–Crippen MR) is 93.2 cm³/mol. The molecule has 1 aromatic rings. The maximum Gasteiger partial charge on any atom is 0.236 e. The number of ether oxygens (including phenoxy) is 1. The van der Waals surface area contributed by atoms with E-state index in [-0.39, 0.29) is 5.91 Å². The second-order valence-corrected chi connectivity index (χ2v) is 6.42. The van der Waals surface area contributed by atoms with Crippen molar-refractivity contribution >= 4 is 29.1 Å². The summed E-state index contributed by atoms with van der Waals surface area (Å²) in [6, 6.07) is 7.75. The number of nitrogens with zero attached hydrogens (tertiary/aromatic N) is 3. The molecule has 0 unspecified atom stereocenters. The molecule has 2 aliphatic heterocycles. The van der Waals surface area contributed by atoms with E-state index in [0.717, 1.165) is 24.5 Å². The van der Waals surface area contributed by atoms with Gasteiger partial charge in [0.25, 0.3) is 0 Å². The van der Waals surface area contributed by atoms with E-state index < -0.39 is 0 Å². The number of amides is 1. The highest BCUT2D eigenvalue weighted by molar-refractivity contribution is 8.15. The van der Waals surface area contributed by atoms with Crippen LogP contribution < -0.4 is 10.1 Å². The van der Waals surface area contributed by atoms with Crippen LogP contribution in [0.5, 0.6) is 5.75 Å². The number of carbonyl (C=O) groups is 1. The first kappa shape index (κ1) is 16.0. The number of nitrogens with one attached hydrogen (secondary N) is 1. The van der Waals surface area contributed by atoms with E-state index in [1.807, 2.05) is 24.3 Å². The van der Waals surface area contributed by atoms with Gasteiger partial charge in [-0.2, -0.15) is 5.10 Å². The van der Waals surface area contributed by atoms with Crippen molar-refractivity contribution in [2.75, 3.05) is 32.0 Å². The van der Waals surface area contributed by atoms with Crippen LogP contribution in [0.1, 0.15) is 18.4 Å². The van der Waals surface area contributed by atoms with Crippen LogP contribution in [-0.4, -0.2) is 54.2 Å². The molecule has 2 fully saturated rings. The number of carbonyl (C=O) groups excluding carboxylic acids is 1. The van der Waals surface area contributed by atoms with Gasteiger partial charge in [-0.05, 0) is 55.8 Å². The summed E-state index contributed by atoms with van der Waals surface area (Å²) in [5, 5.41) is 11.1. The van der Waals surface area contributed by atoms with Gasteiger partial charge < -0.3 is 10.1 Å². The van der Waals surface area contributed by atoms with E-state index >= 15 is 0 Å². The molecular weight excluding hydrogens is 312 g/mol. The molecule has 3 rings (SSSR count). The average molecular weight is 332 g/mol. The fourth-order valence-corrected chi connectivity index (χ4v) is 3.11. The van der Waals surface area contributed by atoms with Crippen LogP contribution in [0.3, 0.4) is 0 Å². The maximum absolute atomic E-state index is 11.0. The molecule has 0 radical (unpaired) electrons. The van der Waals surface area contributed by atoms with E-state index in [2.05, 4.69) is 20.4 Å². The van der Waals surface area contributed by atoms with Crippen molar-refractivity contribution < 1.29 is 9.53 Å². The Labute approximate surface area is 140 Å². The molecule has 1 aromatic carbocycles. The number of hydrogen-bond donors (Lipinski definition) is 1. The van der Waals surface area contributed by atoms with Gasteiger partial charge in [0, 0.05) is 6.54 Å². The standard InChI is InChI=1S/C16H20N4O2S/c21-15-12-23-16(18-15)19-17-11-13-3-5-14(6-4-13)22-10-9-20-7-1-2-8-20/h3-6,11H,1-2,7-10,12H2,(H,18,19,21). The van der Waals surface area contributed by atoms with Gasteiger partial charge in [0.1, 0.15) is 12.4 Å². The largest absolute Gasteiger partial charge is 0.492 e. The van der Waals surface area contributed by atoms with Crippen LogP contribution in [0.2, 0.25) is 0 Å². The summed E-state index contributed by atoms with van der Waals surface area (Å²) in [5.41, 5.74) is 0.940. The topological polar surface area (TPSA) is 66.3 Å². The van der Waals surface area contributed by atoms with Gasteiger partial charge in [0.2, 0.25) is 5.91 Å². The van der Waals surface area contributed by atoms with Crippen LogP contribution >= 0.6 is 11.8 Å². The van der Waals surface area contributed by atoms with Crippen LogP contribution in [0, 0.1) is 0 Å². The maximum atomic E-state index is 11.0. The minimum Gasteiger partial charge on any atom is -0.492 e. The number of likely N-dealkylation sites (tertiary alicyclic amines) is 1. The highest BCUT2D eigenvalue weighted by Crippen LogP contribution is 2.13. The molecule has 0 bridgehead atoms. The lowest BCUT2D eigenvalue weighted by atomic mass is 10.2. The molecule has 2 aliphatic rings. The highest BCUT2D eigenvalue weighted by Gasteiger charge is 2.15. The summed E-state index contributed by atoms with van der Waals surface area (Å²) in [4.78, 5) is 13.4. The third-order valence-electron chi connectivity index (χ3n) is 3.70. The zero-order chi connectivity index (χ0) is 15.9. The van der Waals surface area contributed by atoms with Gasteiger partial charge in [-0.3, -0.25) is 9.69 Å². The molecule has 122 valence electrons. The van der Waals surface area contributed by atoms with Crippen molar-refractivity contribution in [3.63, 3.8) is 0 Å². The van der Waals surface area contributed by atoms with Gasteiger partial charge in [-0.1, -0.05) is 11.8 Å². The molecule has 1 amide bonds. The summed E-state index contributed by atoms with van der Waals surface area (Å²) in [6.45, 7) is 4.10.